The monoisotopic (exact) mass is 266 g/mol. The van der Waals surface area contributed by atoms with Crippen molar-refractivity contribution in [3.8, 4) is 22.8 Å². The van der Waals surface area contributed by atoms with Gasteiger partial charge in [0.15, 0.2) is 5.75 Å². The molecule has 7 heteroatoms. The van der Waals surface area contributed by atoms with Crippen molar-refractivity contribution in [3.05, 3.63) is 44.5 Å². The summed E-state index contributed by atoms with van der Waals surface area (Å²) in [6.45, 7) is 0. The number of hydrogen-bond donors (Lipinski definition) is 3. The molecule has 1 aromatic heterocycles. The van der Waals surface area contributed by atoms with Gasteiger partial charge in [-0.3, -0.25) is 9.78 Å². The highest BCUT2D eigenvalue weighted by Gasteiger charge is 2.18. The third kappa shape index (κ3) is 1.93. The second kappa shape index (κ2) is 4.50. The lowest BCUT2D eigenvalue weighted by Gasteiger charge is -2.07. The number of nitrogens with one attached hydrogen (secondary N) is 1. The molecule has 0 unspecified atom stereocenters. The van der Waals surface area contributed by atoms with Crippen LogP contribution in [0.15, 0.2) is 34.2 Å². The molecule has 0 aliphatic rings. The lowest BCUT2D eigenvalue weighted by molar-refractivity contribution is 0.437. The Balaban J connectivity index is 2.75. The molecule has 0 radical (unpaired) electrons. The first kappa shape index (κ1) is 12.1. The molecule has 0 aliphatic heterocycles. The van der Waals surface area contributed by atoms with Gasteiger partial charge < -0.3 is 10.2 Å². The second-order valence-corrected chi connectivity index (χ2v) is 3.91. The first-order valence-electron chi connectivity index (χ1n) is 4.82. The zero-order chi connectivity index (χ0) is 13.3. The molecule has 92 valence electrons. The molecule has 3 N–H and O–H groups in total. The highest BCUT2D eigenvalue weighted by molar-refractivity contribution is 6.30. The third-order valence-corrected chi connectivity index (χ3v) is 2.62. The van der Waals surface area contributed by atoms with Crippen LogP contribution in [0, 0.1) is 4.91 Å². The Morgan fingerprint density at radius 2 is 1.78 bits per heavy atom. The lowest BCUT2D eigenvalue weighted by Crippen LogP contribution is -2.05. The summed E-state index contributed by atoms with van der Waals surface area (Å²) < 4.78 is 0. The lowest BCUT2D eigenvalue weighted by atomic mass is 10.1. The van der Waals surface area contributed by atoms with Crippen LogP contribution in [0.2, 0.25) is 5.02 Å². The Morgan fingerprint density at radius 1 is 1.17 bits per heavy atom. The quantitative estimate of drug-likeness (QED) is 0.727. The molecule has 6 nitrogen and oxygen atoms in total. The smallest absolute Gasteiger partial charge is 0.284 e. The van der Waals surface area contributed by atoms with Gasteiger partial charge in [-0.1, -0.05) is 23.7 Å². The van der Waals surface area contributed by atoms with E-state index in [0.717, 1.165) is 0 Å². The standard InChI is InChI=1S/C11H7ClN2O4/c12-6-3-1-5(2-4-6)7-9(15)8(14-18)11(17)13-10(7)16/h1-4H,(H3,13,15,16,17). The number of pyridine rings is 1. The van der Waals surface area contributed by atoms with Crippen molar-refractivity contribution in [2.45, 2.75) is 0 Å². The number of hydrogen-bond acceptors (Lipinski definition) is 5. The molecular formula is C11H7ClN2O4. The van der Waals surface area contributed by atoms with Crippen molar-refractivity contribution in [2.75, 3.05) is 0 Å². The maximum Gasteiger partial charge on any atom is 0.284 e. The molecule has 0 spiro atoms. The van der Waals surface area contributed by atoms with Gasteiger partial charge in [0.2, 0.25) is 11.6 Å². The molecule has 0 saturated heterocycles. The van der Waals surface area contributed by atoms with E-state index in [4.69, 9.17) is 11.6 Å². The summed E-state index contributed by atoms with van der Waals surface area (Å²) in [7, 11) is 0. The van der Waals surface area contributed by atoms with E-state index in [-0.39, 0.29) is 5.56 Å². The van der Waals surface area contributed by atoms with Crippen molar-refractivity contribution >= 4 is 17.3 Å². The largest absolute Gasteiger partial charge is 0.505 e. The summed E-state index contributed by atoms with van der Waals surface area (Å²) in [6.07, 6.45) is 0. The number of nitrogens with zero attached hydrogens (tertiary/aromatic N) is 1. The zero-order valence-electron chi connectivity index (χ0n) is 8.85. The average Bonchev–Trinajstić information content (AvgIpc) is 2.31. The SMILES string of the molecule is O=Nc1c(O)c(-c2ccc(Cl)cc2)c(O)[nH]c1=O. The number of benzene rings is 1. The number of nitroso groups, excluding NO2 is 1. The van der Waals surface area contributed by atoms with Gasteiger partial charge in [-0.2, -0.15) is 0 Å². The molecule has 0 aliphatic carbocycles. The van der Waals surface area contributed by atoms with Crippen LogP contribution in [0.1, 0.15) is 0 Å². The fourth-order valence-corrected chi connectivity index (χ4v) is 1.67. The summed E-state index contributed by atoms with van der Waals surface area (Å²) in [6, 6.07) is 6.11. The molecule has 0 atom stereocenters. The molecule has 0 bridgehead atoms. The Morgan fingerprint density at radius 3 is 2.33 bits per heavy atom. The number of aromatic hydroxyl groups is 2. The predicted molar refractivity (Wildman–Crippen MR) is 66.3 cm³/mol. The van der Waals surface area contributed by atoms with Crippen molar-refractivity contribution in [1.29, 1.82) is 0 Å². The van der Waals surface area contributed by atoms with E-state index < -0.39 is 22.9 Å². The van der Waals surface area contributed by atoms with E-state index in [9.17, 15) is 19.9 Å². The number of aromatic nitrogens is 1. The molecule has 1 aromatic carbocycles. The van der Waals surface area contributed by atoms with Crippen molar-refractivity contribution in [2.24, 2.45) is 5.18 Å². The van der Waals surface area contributed by atoms with Crippen LogP contribution in [0.25, 0.3) is 11.1 Å². The topological polar surface area (TPSA) is 103 Å². The Labute approximate surface area is 105 Å². The van der Waals surface area contributed by atoms with Gasteiger partial charge in [0.25, 0.3) is 5.56 Å². The summed E-state index contributed by atoms with van der Waals surface area (Å²) in [5.41, 5.74) is -1.34. The van der Waals surface area contributed by atoms with Gasteiger partial charge in [0.1, 0.15) is 0 Å². The molecule has 0 fully saturated rings. The molecule has 2 aromatic rings. The minimum absolute atomic E-state index is 0.0825. The normalized spacial score (nSPS) is 10.3. The van der Waals surface area contributed by atoms with Crippen LogP contribution < -0.4 is 5.56 Å². The maximum absolute atomic E-state index is 11.2. The van der Waals surface area contributed by atoms with Gasteiger partial charge in [-0.25, -0.2) is 0 Å². The minimum Gasteiger partial charge on any atom is -0.505 e. The predicted octanol–water partition coefficient (Wildman–Crippen LogP) is 2.50. The second-order valence-electron chi connectivity index (χ2n) is 3.47. The fraction of sp³-hybridized carbons (Fsp3) is 0. The van der Waals surface area contributed by atoms with Crippen LogP contribution in [0.4, 0.5) is 5.69 Å². The van der Waals surface area contributed by atoms with Gasteiger partial charge in [0, 0.05) is 5.02 Å². The van der Waals surface area contributed by atoms with E-state index >= 15 is 0 Å². The Kier molecular flexibility index (Phi) is 3.03. The molecular weight excluding hydrogens is 260 g/mol. The molecule has 1 heterocycles. The van der Waals surface area contributed by atoms with Gasteiger partial charge >= 0.3 is 0 Å². The molecule has 18 heavy (non-hydrogen) atoms. The zero-order valence-corrected chi connectivity index (χ0v) is 9.60. The summed E-state index contributed by atoms with van der Waals surface area (Å²) >= 11 is 5.71. The number of rotatable bonds is 2. The van der Waals surface area contributed by atoms with E-state index in [0.29, 0.717) is 10.6 Å². The summed E-state index contributed by atoms with van der Waals surface area (Å²) in [4.78, 5) is 23.7. The number of H-pyrrole nitrogens is 1. The molecule has 0 saturated carbocycles. The van der Waals surface area contributed by atoms with E-state index in [2.05, 4.69) is 5.18 Å². The highest BCUT2D eigenvalue weighted by Crippen LogP contribution is 2.39. The first-order valence-corrected chi connectivity index (χ1v) is 5.20. The number of halogens is 1. The van der Waals surface area contributed by atoms with Crippen LogP contribution in [-0.4, -0.2) is 15.2 Å². The summed E-state index contributed by atoms with van der Waals surface area (Å²) in [5.74, 6) is -1.22. The third-order valence-electron chi connectivity index (χ3n) is 2.37. The van der Waals surface area contributed by atoms with E-state index in [1.54, 1.807) is 0 Å². The van der Waals surface area contributed by atoms with E-state index in [1.165, 1.54) is 24.3 Å². The van der Waals surface area contributed by atoms with Crippen LogP contribution >= 0.6 is 11.6 Å². The van der Waals surface area contributed by atoms with Crippen LogP contribution in [-0.2, 0) is 0 Å². The average molecular weight is 267 g/mol. The maximum atomic E-state index is 11.2. The molecule has 2 rings (SSSR count). The van der Waals surface area contributed by atoms with Gasteiger partial charge in [0.05, 0.1) is 5.56 Å². The van der Waals surface area contributed by atoms with Gasteiger partial charge in [-0.05, 0) is 22.9 Å². The minimum atomic E-state index is -0.960. The Bertz CT molecular complexity index is 664. The highest BCUT2D eigenvalue weighted by atomic mass is 35.5. The van der Waals surface area contributed by atoms with Crippen LogP contribution in [0.3, 0.4) is 0 Å². The summed E-state index contributed by atoms with van der Waals surface area (Å²) in [5, 5.41) is 22.3. The van der Waals surface area contributed by atoms with Crippen molar-refractivity contribution < 1.29 is 10.2 Å². The van der Waals surface area contributed by atoms with Crippen molar-refractivity contribution in [3.63, 3.8) is 0 Å². The van der Waals surface area contributed by atoms with Gasteiger partial charge in [-0.15, -0.1) is 4.91 Å². The molecule has 0 amide bonds. The Hall–Kier alpha value is -2.34. The first-order chi connectivity index (χ1) is 8.54. The van der Waals surface area contributed by atoms with E-state index in [1.807, 2.05) is 4.98 Å². The van der Waals surface area contributed by atoms with Crippen molar-refractivity contribution in [1.82, 2.24) is 4.98 Å². The fourth-order valence-electron chi connectivity index (χ4n) is 1.54. The number of aromatic amines is 1. The van der Waals surface area contributed by atoms with Crippen LogP contribution in [0.5, 0.6) is 11.6 Å².